The van der Waals surface area contributed by atoms with E-state index in [4.69, 9.17) is 9.84 Å². The molecular formula is C18H16FN3O5S. The van der Waals surface area contributed by atoms with Gasteiger partial charge in [0.2, 0.25) is 0 Å². The molecule has 1 aliphatic rings. The third-order valence-corrected chi connectivity index (χ3v) is 4.93. The number of carboxylic acid groups (broad SMARTS) is 1. The number of hydrazine groups is 2. The average Bonchev–Trinajstić information content (AvgIpc) is 3.10. The molecule has 0 aliphatic carbocycles. The van der Waals surface area contributed by atoms with Crippen molar-refractivity contribution in [3.05, 3.63) is 59.4 Å². The monoisotopic (exact) mass is 405 g/mol. The summed E-state index contributed by atoms with van der Waals surface area (Å²) < 4.78 is 42.8. The first-order valence-electron chi connectivity index (χ1n) is 8.01. The molecule has 0 saturated carbocycles. The summed E-state index contributed by atoms with van der Waals surface area (Å²) in [5.41, 5.74) is 7.96. The van der Waals surface area contributed by atoms with Crippen LogP contribution in [0.1, 0.15) is 11.1 Å². The van der Waals surface area contributed by atoms with Crippen LogP contribution in [0.2, 0.25) is 0 Å². The number of hydrogen-bond acceptors (Lipinski definition) is 7. The molecule has 0 radical (unpaired) electrons. The molecule has 10 heteroatoms. The van der Waals surface area contributed by atoms with Crippen LogP contribution in [0.5, 0.6) is 5.75 Å². The smallest absolute Gasteiger partial charge is 0.327 e. The summed E-state index contributed by atoms with van der Waals surface area (Å²) in [5, 5.41) is 9.10. The third-order valence-electron chi connectivity index (χ3n) is 3.82. The van der Waals surface area contributed by atoms with E-state index in [1.165, 1.54) is 24.3 Å². The average molecular weight is 405 g/mol. The van der Waals surface area contributed by atoms with Crippen molar-refractivity contribution < 1.29 is 27.4 Å². The maximum absolute atomic E-state index is 14.1. The van der Waals surface area contributed by atoms with Crippen LogP contribution < -0.4 is 21.1 Å². The van der Waals surface area contributed by atoms with Crippen molar-refractivity contribution in [2.75, 3.05) is 6.26 Å². The highest BCUT2D eigenvalue weighted by molar-refractivity contribution is 7.90. The number of ether oxygens (including phenoxy) is 1. The molecule has 28 heavy (non-hydrogen) atoms. The molecular weight excluding hydrogens is 389 g/mol. The van der Waals surface area contributed by atoms with Gasteiger partial charge in [0.25, 0.3) is 0 Å². The number of aliphatic carboxylic acids is 1. The van der Waals surface area contributed by atoms with Crippen molar-refractivity contribution >= 4 is 15.8 Å². The van der Waals surface area contributed by atoms with Crippen molar-refractivity contribution in [3.8, 4) is 17.6 Å². The first-order valence-corrected chi connectivity index (χ1v) is 9.90. The normalized spacial score (nSPS) is 18.9. The van der Waals surface area contributed by atoms with Crippen molar-refractivity contribution in [3.63, 3.8) is 0 Å². The van der Waals surface area contributed by atoms with Crippen molar-refractivity contribution in [2.45, 2.75) is 17.2 Å². The van der Waals surface area contributed by atoms with Crippen LogP contribution >= 0.6 is 0 Å². The lowest BCUT2D eigenvalue weighted by atomic mass is 10.1. The molecule has 8 nitrogen and oxygen atoms in total. The lowest BCUT2D eigenvalue weighted by molar-refractivity contribution is -0.141. The number of benzene rings is 2. The van der Waals surface area contributed by atoms with Gasteiger partial charge in [-0.1, -0.05) is 17.9 Å². The van der Waals surface area contributed by atoms with Crippen molar-refractivity contribution in [1.82, 2.24) is 16.4 Å². The molecule has 1 saturated heterocycles. The molecule has 1 heterocycles. The van der Waals surface area contributed by atoms with Crippen LogP contribution in [-0.2, 0) is 14.6 Å². The predicted octanol–water partition coefficient (Wildman–Crippen LogP) is 0.400. The van der Waals surface area contributed by atoms with E-state index in [1.54, 1.807) is 12.1 Å². The van der Waals surface area contributed by atoms with Crippen LogP contribution in [0.15, 0.2) is 47.4 Å². The number of carbonyl (C=O) groups is 1. The van der Waals surface area contributed by atoms with Gasteiger partial charge in [0, 0.05) is 11.8 Å². The Morgan fingerprint density at radius 2 is 1.96 bits per heavy atom. The summed E-state index contributed by atoms with van der Waals surface area (Å²) in [6, 6.07) is 8.80. The number of halogens is 1. The highest BCUT2D eigenvalue weighted by Crippen LogP contribution is 2.19. The number of sulfone groups is 1. The molecule has 0 amide bonds. The van der Waals surface area contributed by atoms with E-state index >= 15 is 0 Å². The van der Waals surface area contributed by atoms with E-state index < -0.39 is 33.9 Å². The minimum atomic E-state index is -3.38. The van der Waals surface area contributed by atoms with Gasteiger partial charge < -0.3 is 9.84 Å². The van der Waals surface area contributed by atoms with Gasteiger partial charge in [-0.25, -0.2) is 23.7 Å². The standard InChI is InChI=1S/C18H16FN3O5S/c1-28(25,26)14-4-2-3-11(9-14)5-6-12-10-13(7-8-15(12)19)27-17-16(18(23)24)20-22-21-17/h2-4,7-10,16-17,20-22H,1H3,(H,23,24). The molecule has 4 N–H and O–H groups in total. The van der Waals surface area contributed by atoms with Crippen LogP contribution in [0.3, 0.4) is 0 Å². The van der Waals surface area contributed by atoms with Gasteiger partial charge in [-0.3, -0.25) is 4.79 Å². The zero-order valence-corrected chi connectivity index (χ0v) is 15.4. The maximum atomic E-state index is 14.1. The van der Waals surface area contributed by atoms with E-state index in [0.717, 1.165) is 12.3 Å². The molecule has 2 aromatic carbocycles. The van der Waals surface area contributed by atoms with Gasteiger partial charge in [0.1, 0.15) is 11.6 Å². The first kappa shape index (κ1) is 19.8. The minimum Gasteiger partial charge on any atom is -0.480 e. The van der Waals surface area contributed by atoms with E-state index in [-0.39, 0.29) is 16.2 Å². The van der Waals surface area contributed by atoms with Crippen molar-refractivity contribution in [1.29, 1.82) is 0 Å². The second-order valence-electron chi connectivity index (χ2n) is 5.96. The van der Waals surface area contributed by atoms with Gasteiger partial charge >= 0.3 is 5.97 Å². The predicted molar refractivity (Wildman–Crippen MR) is 97.2 cm³/mol. The van der Waals surface area contributed by atoms with Crippen LogP contribution in [0.25, 0.3) is 0 Å². The third kappa shape index (κ3) is 4.65. The molecule has 2 atom stereocenters. The summed E-state index contributed by atoms with van der Waals surface area (Å²) >= 11 is 0. The minimum absolute atomic E-state index is 0.0213. The number of rotatable bonds is 4. The molecule has 2 aromatic rings. The Morgan fingerprint density at radius 1 is 1.18 bits per heavy atom. The highest BCUT2D eigenvalue weighted by atomic mass is 32.2. The SMILES string of the molecule is CS(=O)(=O)c1cccc(C#Cc2cc(OC3NNNC3C(=O)O)ccc2F)c1. The van der Waals surface area contributed by atoms with Crippen LogP contribution in [-0.4, -0.2) is 38.0 Å². The number of nitrogens with one attached hydrogen (secondary N) is 3. The lowest BCUT2D eigenvalue weighted by Gasteiger charge is -2.16. The highest BCUT2D eigenvalue weighted by Gasteiger charge is 2.34. The Balaban J connectivity index is 1.84. The zero-order chi connectivity index (χ0) is 20.3. The summed E-state index contributed by atoms with van der Waals surface area (Å²) in [6.45, 7) is 0. The number of carboxylic acids is 1. The molecule has 0 bridgehead atoms. The van der Waals surface area contributed by atoms with Gasteiger partial charge in [-0.15, -0.1) is 0 Å². The Bertz CT molecular complexity index is 1080. The summed E-state index contributed by atoms with van der Waals surface area (Å²) in [6.07, 6.45) is 0.167. The summed E-state index contributed by atoms with van der Waals surface area (Å²) in [4.78, 5) is 11.2. The quantitative estimate of drug-likeness (QED) is 0.540. The van der Waals surface area contributed by atoms with Crippen LogP contribution in [0.4, 0.5) is 4.39 Å². The maximum Gasteiger partial charge on any atom is 0.327 e. The largest absolute Gasteiger partial charge is 0.480 e. The second-order valence-corrected chi connectivity index (χ2v) is 7.98. The second kappa shape index (κ2) is 7.95. The van der Waals surface area contributed by atoms with Crippen LogP contribution in [0, 0.1) is 17.7 Å². The molecule has 2 unspecified atom stereocenters. The molecule has 1 aliphatic heterocycles. The summed E-state index contributed by atoms with van der Waals surface area (Å²) in [5.74, 6) is 3.85. The molecule has 1 fully saturated rings. The van der Waals surface area contributed by atoms with E-state index in [1.807, 2.05) is 0 Å². The fourth-order valence-corrected chi connectivity index (χ4v) is 3.07. The van der Waals surface area contributed by atoms with E-state index in [2.05, 4.69) is 28.2 Å². The lowest BCUT2D eigenvalue weighted by Crippen LogP contribution is -2.44. The molecule has 0 aromatic heterocycles. The fraction of sp³-hybridized carbons (Fsp3) is 0.167. The zero-order valence-electron chi connectivity index (χ0n) is 14.6. The van der Waals surface area contributed by atoms with E-state index in [9.17, 15) is 17.6 Å². The van der Waals surface area contributed by atoms with Gasteiger partial charge in [0.15, 0.2) is 22.1 Å². The Hall–Kier alpha value is -2.97. The number of hydrogen-bond donors (Lipinski definition) is 4. The first-order chi connectivity index (χ1) is 13.2. The Morgan fingerprint density at radius 3 is 2.68 bits per heavy atom. The van der Waals surface area contributed by atoms with Crippen molar-refractivity contribution in [2.24, 2.45) is 0 Å². The Labute approximate surface area is 160 Å². The molecule has 146 valence electrons. The molecule has 3 rings (SSSR count). The molecule has 0 spiro atoms. The van der Waals surface area contributed by atoms with Gasteiger partial charge in [-0.05, 0) is 36.4 Å². The Kier molecular flexibility index (Phi) is 5.62. The van der Waals surface area contributed by atoms with Gasteiger partial charge in [0.05, 0.1) is 10.5 Å². The summed E-state index contributed by atoms with van der Waals surface area (Å²) in [7, 11) is -3.38. The van der Waals surface area contributed by atoms with Gasteiger partial charge in [-0.2, -0.15) is 5.53 Å². The fourth-order valence-electron chi connectivity index (χ4n) is 2.40. The van der Waals surface area contributed by atoms with E-state index in [0.29, 0.717) is 5.56 Å². The topological polar surface area (TPSA) is 117 Å².